The lowest BCUT2D eigenvalue weighted by atomic mass is 10.2. The molecule has 1 aromatic carbocycles. The van der Waals surface area contributed by atoms with Gasteiger partial charge in [-0.2, -0.15) is 0 Å². The van der Waals surface area contributed by atoms with Crippen LogP contribution in [0.15, 0.2) is 24.3 Å². The molecule has 0 heterocycles. The van der Waals surface area contributed by atoms with E-state index in [1.807, 2.05) is 6.07 Å². The summed E-state index contributed by atoms with van der Waals surface area (Å²) in [7, 11) is 0. The van der Waals surface area contributed by atoms with Crippen molar-refractivity contribution >= 4 is 0 Å². The largest absolute Gasteiger partial charge is 1.00 e. The normalized spacial score (nSPS) is 11.0. The molecule has 0 unspecified atom stereocenters. The van der Waals surface area contributed by atoms with Crippen molar-refractivity contribution in [2.75, 3.05) is 32.8 Å². The van der Waals surface area contributed by atoms with E-state index in [1.54, 1.807) is 0 Å². The molecular formula is C17H30INO. The second-order valence-corrected chi connectivity index (χ2v) is 5.39. The highest BCUT2D eigenvalue weighted by Gasteiger charge is 2.19. The summed E-state index contributed by atoms with van der Waals surface area (Å²) in [6.07, 6.45) is 2.40. The lowest BCUT2D eigenvalue weighted by Gasteiger charge is -2.35. The third kappa shape index (κ3) is 6.44. The molecule has 0 atom stereocenters. The molecule has 0 saturated carbocycles. The zero-order valence-electron chi connectivity index (χ0n) is 13.5. The molecule has 0 aliphatic heterocycles. The number of quaternary nitrogens is 1. The molecule has 0 aliphatic rings. The number of hydrogen-bond acceptors (Lipinski definition) is 1. The predicted molar refractivity (Wildman–Crippen MR) is 82.7 cm³/mol. The number of rotatable bonds is 9. The zero-order chi connectivity index (χ0) is 14.1. The number of aryl methyl sites for hydroxylation is 1. The van der Waals surface area contributed by atoms with Gasteiger partial charge in [-0.1, -0.05) is 12.1 Å². The Bertz CT molecular complexity index is 355. The molecular weight excluding hydrogens is 361 g/mol. The van der Waals surface area contributed by atoms with Gasteiger partial charge in [-0.25, -0.2) is 0 Å². The fourth-order valence-corrected chi connectivity index (χ4v) is 2.59. The van der Waals surface area contributed by atoms with Crippen LogP contribution in [0.2, 0.25) is 0 Å². The fourth-order valence-electron chi connectivity index (χ4n) is 2.59. The van der Waals surface area contributed by atoms with Crippen molar-refractivity contribution in [1.82, 2.24) is 0 Å². The Morgan fingerprint density at radius 3 is 2.20 bits per heavy atom. The molecule has 2 nitrogen and oxygen atoms in total. The van der Waals surface area contributed by atoms with Crippen molar-refractivity contribution in [3.05, 3.63) is 29.8 Å². The molecule has 20 heavy (non-hydrogen) atoms. The van der Waals surface area contributed by atoms with Crippen molar-refractivity contribution < 1.29 is 33.2 Å². The summed E-state index contributed by atoms with van der Waals surface area (Å²) in [5.74, 6) is 1.00. The average Bonchev–Trinajstić information content (AvgIpc) is 2.44. The van der Waals surface area contributed by atoms with Gasteiger partial charge in [0.15, 0.2) is 0 Å². The molecule has 0 fully saturated rings. The highest BCUT2D eigenvalue weighted by molar-refractivity contribution is 5.27. The van der Waals surface area contributed by atoms with E-state index in [9.17, 15) is 0 Å². The number of halogens is 1. The Kier molecular flexibility index (Phi) is 10.3. The molecule has 1 rings (SSSR count). The van der Waals surface area contributed by atoms with E-state index in [1.165, 1.54) is 42.6 Å². The van der Waals surface area contributed by atoms with Gasteiger partial charge in [-0.05, 0) is 58.2 Å². The van der Waals surface area contributed by atoms with E-state index in [-0.39, 0.29) is 24.0 Å². The van der Waals surface area contributed by atoms with E-state index in [0.29, 0.717) is 0 Å². The van der Waals surface area contributed by atoms with E-state index in [2.05, 4.69) is 45.9 Å². The Hall–Kier alpha value is -0.290. The third-order valence-electron chi connectivity index (χ3n) is 4.30. The molecule has 3 heteroatoms. The third-order valence-corrected chi connectivity index (χ3v) is 4.30. The van der Waals surface area contributed by atoms with E-state index in [0.717, 1.165) is 18.8 Å². The van der Waals surface area contributed by atoms with Crippen LogP contribution in [0.1, 0.15) is 39.2 Å². The van der Waals surface area contributed by atoms with Crippen LogP contribution >= 0.6 is 0 Å². The molecule has 0 aliphatic carbocycles. The summed E-state index contributed by atoms with van der Waals surface area (Å²) in [6.45, 7) is 14.8. The number of nitrogens with zero attached hydrogens (tertiary/aromatic N) is 1. The lowest BCUT2D eigenvalue weighted by molar-refractivity contribution is -0.923. The Morgan fingerprint density at radius 1 is 1.00 bits per heavy atom. The average molecular weight is 391 g/mol. The van der Waals surface area contributed by atoms with Crippen molar-refractivity contribution in [2.24, 2.45) is 0 Å². The van der Waals surface area contributed by atoms with Gasteiger partial charge < -0.3 is 33.2 Å². The maximum Gasteiger partial charge on any atom is 0.119 e. The van der Waals surface area contributed by atoms with Crippen molar-refractivity contribution in [3.8, 4) is 5.75 Å². The van der Waals surface area contributed by atoms with Crippen LogP contribution in [-0.4, -0.2) is 37.3 Å². The molecule has 0 radical (unpaired) electrons. The molecule has 116 valence electrons. The Labute approximate surface area is 142 Å². The van der Waals surface area contributed by atoms with Crippen LogP contribution in [0, 0.1) is 6.92 Å². The maximum absolute atomic E-state index is 5.80. The van der Waals surface area contributed by atoms with Gasteiger partial charge >= 0.3 is 0 Å². The predicted octanol–water partition coefficient (Wildman–Crippen LogP) is 1.03. The van der Waals surface area contributed by atoms with Gasteiger partial charge in [0.25, 0.3) is 0 Å². The fraction of sp³-hybridized carbons (Fsp3) is 0.647. The van der Waals surface area contributed by atoms with Gasteiger partial charge in [-0.15, -0.1) is 0 Å². The van der Waals surface area contributed by atoms with Gasteiger partial charge in [0, 0.05) is 0 Å². The maximum atomic E-state index is 5.80. The van der Waals surface area contributed by atoms with Crippen LogP contribution in [0.25, 0.3) is 0 Å². The molecule has 0 aromatic heterocycles. The van der Waals surface area contributed by atoms with Crippen LogP contribution in [-0.2, 0) is 0 Å². The monoisotopic (exact) mass is 391 g/mol. The highest BCUT2D eigenvalue weighted by atomic mass is 127. The number of ether oxygens (including phenoxy) is 1. The van der Waals surface area contributed by atoms with Crippen molar-refractivity contribution in [3.63, 3.8) is 0 Å². The summed E-state index contributed by atoms with van der Waals surface area (Å²) in [5.41, 5.74) is 1.26. The van der Waals surface area contributed by atoms with Crippen LogP contribution < -0.4 is 28.7 Å². The Balaban J connectivity index is 0.00000361. The van der Waals surface area contributed by atoms with Gasteiger partial charge in [0.2, 0.25) is 0 Å². The molecule has 1 aromatic rings. The molecule has 0 N–H and O–H groups in total. The van der Waals surface area contributed by atoms with Crippen LogP contribution in [0.3, 0.4) is 0 Å². The lowest BCUT2D eigenvalue weighted by Crippen LogP contribution is -3.00. The first kappa shape index (κ1) is 19.7. The minimum absolute atomic E-state index is 0. The number of unbranched alkanes of at least 4 members (excludes halogenated alkanes) is 1. The second kappa shape index (κ2) is 10.4. The molecule has 0 spiro atoms. The molecule has 0 bridgehead atoms. The highest BCUT2D eigenvalue weighted by Crippen LogP contribution is 2.13. The zero-order valence-corrected chi connectivity index (χ0v) is 15.7. The first-order valence-corrected chi connectivity index (χ1v) is 7.70. The summed E-state index contributed by atoms with van der Waals surface area (Å²) in [6, 6.07) is 8.29. The summed E-state index contributed by atoms with van der Waals surface area (Å²) in [5, 5.41) is 0. The standard InChI is InChI=1S/C17H30NO.HI/c1-5-18(6-2,7-3)13-8-9-14-19-17-12-10-11-16(4)15-17;/h10-12,15H,5-9,13-14H2,1-4H3;1H/q+1;/p-1. The van der Waals surface area contributed by atoms with Crippen LogP contribution in [0.5, 0.6) is 5.75 Å². The summed E-state index contributed by atoms with van der Waals surface area (Å²) >= 11 is 0. The van der Waals surface area contributed by atoms with E-state index < -0.39 is 0 Å². The molecule has 0 saturated heterocycles. The first-order chi connectivity index (χ1) is 9.15. The molecule has 0 amide bonds. The van der Waals surface area contributed by atoms with Crippen LogP contribution in [0.4, 0.5) is 0 Å². The van der Waals surface area contributed by atoms with E-state index >= 15 is 0 Å². The Morgan fingerprint density at radius 2 is 1.65 bits per heavy atom. The van der Waals surface area contributed by atoms with Crippen molar-refractivity contribution in [2.45, 2.75) is 40.5 Å². The second-order valence-electron chi connectivity index (χ2n) is 5.39. The van der Waals surface area contributed by atoms with Gasteiger partial charge in [0.1, 0.15) is 5.75 Å². The van der Waals surface area contributed by atoms with E-state index in [4.69, 9.17) is 4.74 Å². The van der Waals surface area contributed by atoms with Gasteiger partial charge in [0.05, 0.1) is 32.8 Å². The quantitative estimate of drug-likeness (QED) is 0.347. The first-order valence-electron chi connectivity index (χ1n) is 7.70. The SMILES string of the molecule is CC[N+](CC)(CC)CCCCOc1cccc(C)c1.[I-]. The van der Waals surface area contributed by atoms with Gasteiger partial charge in [-0.3, -0.25) is 0 Å². The topological polar surface area (TPSA) is 9.23 Å². The summed E-state index contributed by atoms with van der Waals surface area (Å²) < 4.78 is 7.04. The number of benzene rings is 1. The smallest absolute Gasteiger partial charge is 0.119 e. The minimum Gasteiger partial charge on any atom is -1.00 e. The number of hydrogen-bond donors (Lipinski definition) is 0. The minimum atomic E-state index is 0. The van der Waals surface area contributed by atoms with Crippen molar-refractivity contribution in [1.29, 1.82) is 0 Å². The summed E-state index contributed by atoms with van der Waals surface area (Å²) in [4.78, 5) is 0.